The van der Waals surface area contributed by atoms with Gasteiger partial charge in [0.05, 0.1) is 5.92 Å². The van der Waals surface area contributed by atoms with Crippen LogP contribution in [-0.2, 0) is 9.53 Å². The molecule has 1 aliphatic heterocycles. The number of hydrogen-bond acceptors (Lipinski definition) is 3. The summed E-state index contributed by atoms with van der Waals surface area (Å²) in [5, 5.41) is 11.1. The number of ether oxygens (including phenoxy) is 1. The molecular weight excluding hydrogens is 228 g/mol. The molecule has 1 saturated heterocycles. The zero-order valence-electron chi connectivity index (χ0n) is 11.2. The van der Waals surface area contributed by atoms with Gasteiger partial charge < -0.3 is 9.84 Å². The molecule has 1 spiro atoms. The Kier molecular flexibility index (Phi) is 2.44. The van der Waals surface area contributed by atoms with Crippen molar-refractivity contribution in [1.29, 1.82) is 0 Å². The fourth-order valence-corrected chi connectivity index (χ4v) is 4.28. The van der Waals surface area contributed by atoms with E-state index in [4.69, 9.17) is 4.74 Å². The van der Waals surface area contributed by atoms with Crippen molar-refractivity contribution in [2.75, 3.05) is 0 Å². The van der Waals surface area contributed by atoms with Crippen LogP contribution in [0.2, 0.25) is 0 Å². The smallest absolute Gasteiger partial charge is 0.309 e. The molecule has 1 N–H and O–H groups in total. The maximum Gasteiger partial charge on any atom is 0.309 e. The molecule has 0 aromatic heterocycles. The van der Waals surface area contributed by atoms with Gasteiger partial charge in [0.25, 0.3) is 0 Å². The first-order valence-electron chi connectivity index (χ1n) is 7.04. The average Bonchev–Trinajstić information content (AvgIpc) is 2.52. The van der Waals surface area contributed by atoms with Crippen LogP contribution in [0.5, 0.6) is 0 Å². The highest BCUT2D eigenvalue weighted by atomic mass is 16.6. The lowest BCUT2D eigenvalue weighted by molar-refractivity contribution is -0.207. The van der Waals surface area contributed by atoms with Crippen molar-refractivity contribution in [1.82, 2.24) is 0 Å². The molecule has 3 rings (SSSR count). The van der Waals surface area contributed by atoms with Gasteiger partial charge in [0.15, 0.2) is 5.60 Å². The summed E-state index contributed by atoms with van der Waals surface area (Å²) in [5.41, 5.74) is -0.768. The number of hydrogen-bond donors (Lipinski definition) is 1. The van der Waals surface area contributed by atoms with Gasteiger partial charge in [-0.2, -0.15) is 0 Å². The van der Waals surface area contributed by atoms with Crippen LogP contribution in [-0.4, -0.2) is 22.3 Å². The fourth-order valence-electron chi connectivity index (χ4n) is 4.28. The lowest BCUT2D eigenvalue weighted by Gasteiger charge is -2.48. The molecule has 3 heteroatoms. The minimum Gasteiger partial charge on any atom is -0.451 e. The predicted octanol–water partition coefficient (Wildman–Crippen LogP) is 2.44. The van der Waals surface area contributed by atoms with E-state index in [0.717, 1.165) is 31.3 Å². The first-order chi connectivity index (χ1) is 8.41. The Bertz CT molecular complexity index is 416. The summed E-state index contributed by atoms with van der Waals surface area (Å²) in [4.78, 5) is 12.1. The number of fused-ring (bicyclic) bond motifs is 1. The molecular formula is C15H22O3. The van der Waals surface area contributed by atoms with Crippen LogP contribution >= 0.6 is 0 Å². The average molecular weight is 250 g/mol. The normalized spacial score (nSPS) is 51.6. The first kappa shape index (κ1) is 12.2. The number of esters is 1. The van der Waals surface area contributed by atoms with Gasteiger partial charge in [-0.1, -0.05) is 20.4 Å². The van der Waals surface area contributed by atoms with Crippen LogP contribution in [0.15, 0.2) is 12.2 Å². The maximum absolute atomic E-state index is 12.1. The van der Waals surface area contributed by atoms with Crippen molar-refractivity contribution in [3.05, 3.63) is 12.2 Å². The highest BCUT2D eigenvalue weighted by molar-refractivity contribution is 5.75. The molecule has 0 aromatic rings. The molecule has 2 bridgehead atoms. The summed E-state index contributed by atoms with van der Waals surface area (Å²) in [6.45, 7) is 8.13. The zero-order chi connectivity index (χ0) is 13.1. The second-order valence-electron chi connectivity index (χ2n) is 6.51. The van der Waals surface area contributed by atoms with E-state index < -0.39 is 11.2 Å². The van der Waals surface area contributed by atoms with Crippen LogP contribution in [0.3, 0.4) is 0 Å². The van der Waals surface area contributed by atoms with E-state index in [9.17, 15) is 9.90 Å². The molecule has 100 valence electrons. The minimum absolute atomic E-state index is 0.0430. The van der Waals surface area contributed by atoms with Gasteiger partial charge in [0, 0.05) is 0 Å². The van der Waals surface area contributed by atoms with Crippen LogP contribution in [0.25, 0.3) is 0 Å². The summed E-state index contributed by atoms with van der Waals surface area (Å²) in [5.74, 6) is 0.304. The van der Waals surface area contributed by atoms with E-state index in [0.29, 0.717) is 12.3 Å². The van der Waals surface area contributed by atoms with Crippen molar-refractivity contribution in [3.8, 4) is 0 Å². The van der Waals surface area contributed by atoms with Crippen molar-refractivity contribution in [2.24, 2.45) is 17.8 Å². The predicted molar refractivity (Wildman–Crippen MR) is 67.8 cm³/mol. The number of rotatable bonds is 0. The third-order valence-electron chi connectivity index (χ3n) is 5.77. The van der Waals surface area contributed by atoms with E-state index in [1.165, 1.54) is 0 Å². The number of aliphatic hydroxyl groups is 1. The van der Waals surface area contributed by atoms with Gasteiger partial charge in [-0.3, -0.25) is 4.79 Å². The van der Waals surface area contributed by atoms with Gasteiger partial charge in [0.2, 0.25) is 0 Å². The van der Waals surface area contributed by atoms with Gasteiger partial charge in [-0.25, -0.2) is 0 Å². The highest BCUT2D eigenvalue weighted by Gasteiger charge is 2.65. The van der Waals surface area contributed by atoms with E-state index in [2.05, 4.69) is 13.5 Å². The van der Waals surface area contributed by atoms with Crippen molar-refractivity contribution < 1.29 is 14.6 Å². The monoisotopic (exact) mass is 250 g/mol. The summed E-state index contributed by atoms with van der Waals surface area (Å²) in [7, 11) is 0. The minimum atomic E-state index is -0.894. The molecule has 1 heterocycles. The summed E-state index contributed by atoms with van der Waals surface area (Å²) < 4.78 is 5.76. The highest BCUT2D eigenvalue weighted by Crippen LogP contribution is 2.58. The van der Waals surface area contributed by atoms with E-state index in [-0.39, 0.29) is 17.8 Å². The largest absolute Gasteiger partial charge is 0.451 e. The summed E-state index contributed by atoms with van der Waals surface area (Å²) in [6, 6.07) is 0. The molecule has 0 unspecified atom stereocenters. The number of carbonyl (C=O) groups excluding carboxylic acids is 1. The molecule has 18 heavy (non-hydrogen) atoms. The lowest BCUT2D eigenvalue weighted by atomic mass is 9.71. The van der Waals surface area contributed by atoms with E-state index in [1.807, 2.05) is 6.92 Å². The third-order valence-corrected chi connectivity index (χ3v) is 5.77. The maximum atomic E-state index is 12.1. The second-order valence-corrected chi connectivity index (χ2v) is 6.51. The van der Waals surface area contributed by atoms with Crippen LogP contribution in [0, 0.1) is 17.8 Å². The molecule has 2 saturated carbocycles. The lowest BCUT2D eigenvalue weighted by Crippen LogP contribution is -2.59. The van der Waals surface area contributed by atoms with Crippen LogP contribution in [0.4, 0.5) is 0 Å². The van der Waals surface area contributed by atoms with E-state index >= 15 is 0 Å². The van der Waals surface area contributed by atoms with Gasteiger partial charge in [0.1, 0.15) is 5.60 Å². The Labute approximate surface area is 108 Å². The topological polar surface area (TPSA) is 46.5 Å². The molecule has 2 aliphatic carbocycles. The third kappa shape index (κ3) is 1.26. The van der Waals surface area contributed by atoms with Crippen molar-refractivity contribution >= 4 is 5.97 Å². The molecule has 3 nitrogen and oxygen atoms in total. The standard InChI is InChI=1S/C15H22O3/c1-9-4-5-12-8-15(18-13(16)11(12)3)10(2)6-7-14(9,15)17/h9,11-12,17H,2,4-8H2,1,3H3/t9-,11-,12+,14+,15-/m0/s1. The zero-order valence-corrected chi connectivity index (χ0v) is 11.2. The Balaban J connectivity index is 2.12. The quantitative estimate of drug-likeness (QED) is 0.530. The first-order valence-corrected chi connectivity index (χ1v) is 7.04. The van der Waals surface area contributed by atoms with Crippen LogP contribution in [0.1, 0.15) is 46.0 Å². The Morgan fingerprint density at radius 2 is 2.11 bits per heavy atom. The fraction of sp³-hybridized carbons (Fsp3) is 0.800. The van der Waals surface area contributed by atoms with Gasteiger partial charge in [-0.05, 0) is 49.5 Å². The Morgan fingerprint density at radius 1 is 1.39 bits per heavy atom. The summed E-state index contributed by atoms with van der Waals surface area (Å²) >= 11 is 0. The van der Waals surface area contributed by atoms with Crippen molar-refractivity contribution in [2.45, 2.75) is 57.2 Å². The van der Waals surface area contributed by atoms with Crippen molar-refractivity contribution in [3.63, 3.8) is 0 Å². The Hall–Kier alpha value is -0.830. The molecule has 3 aliphatic rings. The molecule has 0 amide bonds. The second kappa shape index (κ2) is 3.60. The number of carbonyl (C=O) groups is 1. The van der Waals surface area contributed by atoms with Crippen LogP contribution < -0.4 is 0 Å². The Morgan fingerprint density at radius 3 is 2.83 bits per heavy atom. The molecule has 5 atom stereocenters. The van der Waals surface area contributed by atoms with E-state index in [1.54, 1.807) is 0 Å². The van der Waals surface area contributed by atoms with Gasteiger partial charge in [-0.15, -0.1) is 0 Å². The molecule has 3 fully saturated rings. The SMILES string of the molecule is C=C1CC[C@@]2(O)[C@@H](C)CC[C@@H]3C[C@]12OC(=O)[C@H]3C. The summed E-state index contributed by atoms with van der Waals surface area (Å²) in [6.07, 6.45) is 4.20. The molecule has 0 aromatic carbocycles. The van der Waals surface area contributed by atoms with Gasteiger partial charge >= 0.3 is 5.97 Å². The molecule has 0 radical (unpaired) electrons.